The van der Waals surface area contributed by atoms with Crippen molar-refractivity contribution in [3.05, 3.63) is 12.7 Å². The lowest BCUT2D eigenvalue weighted by atomic mass is 9.89. The number of rotatable bonds is 7. The molecule has 1 aliphatic rings. The van der Waals surface area contributed by atoms with Crippen molar-refractivity contribution in [2.75, 3.05) is 0 Å². The van der Waals surface area contributed by atoms with Crippen LogP contribution < -0.4 is 0 Å². The Hall–Kier alpha value is -0.590. The lowest BCUT2D eigenvalue weighted by Gasteiger charge is -2.15. The highest BCUT2D eigenvalue weighted by Gasteiger charge is 2.35. The zero-order chi connectivity index (χ0) is 11.4. The Kier molecular flexibility index (Phi) is 4.56. The summed E-state index contributed by atoms with van der Waals surface area (Å²) in [5, 5.41) is 0. The molecule has 0 aromatic carbocycles. The van der Waals surface area contributed by atoms with E-state index in [1.807, 2.05) is 6.08 Å². The maximum Gasteiger partial charge on any atom is 0.136 e. The quantitative estimate of drug-likeness (QED) is 0.581. The van der Waals surface area contributed by atoms with Gasteiger partial charge < -0.3 is 0 Å². The molecule has 0 bridgehead atoms. The SMILES string of the molecule is C=CCC(CC1CC1C)C(=O)CC(C)C. The Morgan fingerprint density at radius 3 is 2.53 bits per heavy atom. The van der Waals surface area contributed by atoms with Gasteiger partial charge in [0.2, 0.25) is 0 Å². The van der Waals surface area contributed by atoms with Gasteiger partial charge >= 0.3 is 0 Å². The van der Waals surface area contributed by atoms with Gasteiger partial charge in [0.1, 0.15) is 5.78 Å². The van der Waals surface area contributed by atoms with Gasteiger partial charge in [0, 0.05) is 12.3 Å². The molecule has 0 N–H and O–H groups in total. The zero-order valence-electron chi connectivity index (χ0n) is 10.3. The molecule has 0 radical (unpaired) electrons. The molecule has 1 aliphatic carbocycles. The van der Waals surface area contributed by atoms with Crippen molar-refractivity contribution in [1.82, 2.24) is 0 Å². The second kappa shape index (κ2) is 5.48. The zero-order valence-corrected chi connectivity index (χ0v) is 10.3. The Morgan fingerprint density at radius 2 is 2.13 bits per heavy atom. The summed E-state index contributed by atoms with van der Waals surface area (Å²) in [7, 11) is 0. The average Bonchev–Trinajstić information content (AvgIpc) is 2.80. The maximum absolute atomic E-state index is 12.0. The van der Waals surface area contributed by atoms with Crippen molar-refractivity contribution >= 4 is 5.78 Å². The van der Waals surface area contributed by atoms with E-state index in [1.54, 1.807) is 0 Å². The van der Waals surface area contributed by atoms with Crippen LogP contribution in [0.25, 0.3) is 0 Å². The van der Waals surface area contributed by atoms with Crippen molar-refractivity contribution < 1.29 is 4.79 Å². The van der Waals surface area contributed by atoms with Gasteiger partial charge in [0.05, 0.1) is 0 Å². The average molecular weight is 208 g/mol. The first-order chi connectivity index (χ1) is 7.04. The Balaban J connectivity index is 2.41. The fourth-order valence-corrected chi connectivity index (χ4v) is 2.22. The summed E-state index contributed by atoms with van der Waals surface area (Å²) >= 11 is 0. The van der Waals surface area contributed by atoms with E-state index in [1.165, 1.54) is 6.42 Å². The van der Waals surface area contributed by atoms with Crippen LogP contribution >= 0.6 is 0 Å². The molecule has 1 fully saturated rings. The minimum atomic E-state index is 0.250. The highest BCUT2D eigenvalue weighted by molar-refractivity contribution is 5.81. The van der Waals surface area contributed by atoms with Gasteiger partial charge in [-0.05, 0) is 37.0 Å². The van der Waals surface area contributed by atoms with Crippen molar-refractivity contribution in [2.45, 2.75) is 46.5 Å². The Bertz CT molecular complexity index is 229. The van der Waals surface area contributed by atoms with Crippen LogP contribution in [-0.2, 0) is 4.79 Å². The third-order valence-corrected chi connectivity index (χ3v) is 3.38. The van der Waals surface area contributed by atoms with E-state index >= 15 is 0 Å². The van der Waals surface area contributed by atoms with Gasteiger partial charge in [-0.1, -0.05) is 26.8 Å². The van der Waals surface area contributed by atoms with Gasteiger partial charge in [-0.15, -0.1) is 6.58 Å². The van der Waals surface area contributed by atoms with E-state index in [0.717, 1.165) is 31.1 Å². The molecule has 1 rings (SSSR count). The Morgan fingerprint density at radius 1 is 1.53 bits per heavy atom. The summed E-state index contributed by atoms with van der Waals surface area (Å²) in [6.07, 6.45) is 5.92. The number of carbonyl (C=O) groups is 1. The molecule has 0 heterocycles. The van der Waals surface area contributed by atoms with Crippen LogP contribution in [0, 0.1) is 23.7 Å². The molecule has 3 unspecified atom stereocenters. The number of ketones is 1. The van der Waals surface area contributed by atoms with Crippen LogP contribution in [0.2, 0.25) is 0 Å². The predicted octanol–water partition coefficient (Wildman–Crippen LogP) is 3.84. The summed E-state index contributed by atoms with van der Waals surface area (Å²) in [6, 6.07) is 0. The second-order valence-corrected chi connectivity index (χ2v) is 5.49. The van der Waals surface area contributed by atoms with Gasteiger partial charge in [-0.2, -0.15) is 0 Å². The van der Waals surface area contributed by atoms with Gasteiger partial charge in [-0.3, -0.25) is 4.79 Å². The summed E-state index contributed by atoms with van der Waals surface area (Å²) in [6.45, 7) is 10.3. The van der Waals surface area contributed by atoms with E-state index in [2.05, 4.69) is 27.4 Å². The van der Waals surface area contributed by atoms with Gasteiger partial charge in [0.25, 0.3) is 0 Å². The summed E-state index contributed by atoms with van der Waals surface area (Å²) in [5.74, 6) is 2.85. The minimum absolute atomic E-state index is 0.250. The van der Waals surface area contributed by atoms with E-state index in [-0.39, 0.29) is 5.92 Å². The normalized spacial score (nSPS) is 26.4. The van der Waals surface area contributed by atoms with E-state index in [0.29, 0.717) is 11.7 Å². The van der Waals surface area contributed by atoms with Crippen LogP contribution in [0.4, 0.5) is 0 Å². The number of hydrogen-bond acceptors (Lipinski definition) is 1. The van der Waals surface area contributed by atoms with Crippen LogP contribution in [0.15, 0.2) is 12.7 Å². The topological polar surface area (TPSA) is 17.1 Å². The third-order valence-electron chi connectivity index (χ3n) is 3.38. The molecule has 0 aromatic heterocycles. The van der Waals surface area contributed by atoms with Crippen LogP contribution in [0.3, 0.4) is 0 Å². The first kappa shape index (κ1) is 12.5. The van der Waals surface area contributed by atoms with Crippen molar-refractivity contribution in [3.8, 4) is 0 Å². The van der Waals surface area contributed by atoms with E-state index in [9.17, 15) is 4.79 Å². The van der Waals surface area contributed by atoms with Crippen molar-refractivity contribution in [2.24, 2.45) is 23.7 Å². The number of hydrogen-bond donors (Lipinski definition) is 0. The molecule has 0 aliphatic heterocycles. The molecule has 1 nitrogen and oxygen atoms in total. The fraction of sp³-hybridized carbons (Fsp3) is 0.786. The van der Waals surface area contributed by atoms with Crippen LogP contribution in [0.1, 0.15) is 46.5 Å². The monoisotopic (exact) mass is 208 g/mol. The second-order valence-electron chi connectivity index (χ2n) is 5.49. The number of carbonyl (C=O) groups excluding carboxylic acids is 1. The summed E-state index contributed by atoms with van der Waals surface area (Å²) < 4.78 is 0. The standard InChI is InChI=1S/C14H24O/c1-5-6-12(9-13-8-11(13)4)14(15)7-10(2)3/h5,10-13H,1,6-9H2,2-4H3. The highest BCUT2D eigenvalue weighted by Crippen LogP contribution is 2.43. The van der Waals surface area contributed by atoms with Crippen molar-refractivity contribution in [3.63, 3.8) is 0 Å². The molecule has 15 heavy (non-hydrogen) atoms. The molecular formula is C14H24O. The third kappa shape index (κ3) is 4.19. The van der Waals surface area contributed by atoms with Crippen LogP contribution in [-0.4, -0.2) is 5.78 Å². The number of allylic oxidation sites excluding steroid dienone is 1. The first-order valence-corrected chi connectivity index (χ1v) is 6.18. The molecule has 0 aromatic rings. The predicted molar refractivity (Wildman–Crippen MR) is 64.7 cm³/mol. The fourth-order valence-electron chi connectivity index (χ4n) is 2.22. The molecule has 3 atom stereocenters. The minimum Gasteiger partial charge on any atom is -0.299 e. The molecule has 1 saturated carbocycles. The maximum atomic E-state index is 12.0. The lowest BCUT2D eigenvalue weighted by molar-refractivity contribution is -0.123. The van der Waals surface area contributed by atoms with Gasteiger partial charge in [-0.25, -0.2) is 0 Å². The molecule has 86 valence electrons. The highest BCUT2D eigenvalue weighted by atomic mass is 16.1. The lowest BCUT2D eigenvalue weighted by Crippen LogP contribution is -2.16. The molecular weight excluding hydrogens is 184 g/mol. The smallest absolute Gasteiger partial charge is 0.136 e. The van der Waals surface area contributed by atoms with Crippen molar-refractivity contribution in [1.29, 1.82) is 0 Å². The molecule has 0 amide bonds. The van der Waals surface area contributed by atoms with Crippen LogP contribution in [0.5, 0.6) is 0 Å². The van der Waals surface area contributed by atoms with Gasteiger partial charge in [0.15, 0.2) is 0 Å². The largest absolute Gasteiger partial charge is 0.299 e. The molecule has 0 saturated heterocycles. The summed E-state index contributed by atoms with van der Waals surface area (Å²) in [4.78, 5) is 12.0. The molecule has 1 heteroatoms. The first-order valence-electron chi connectivity index (χ1n) is 6.18. The van der Waals surface area contributed by atoms with E-state index in [4.69, 9.17) is 0 Å². The summed E-state index contributed by atoms with van der Waals surface area (Å²) in [5.41, 5.74) is 0. The van der Waals surface area contributed by atoms with E-state index < -0.39 is 0 Å². The molecule has 0 spiro atoms. The Labute approximate surface area is 93.9 Å². The number of Topliss-reactive ketones (excluding diaryl/α,β-unsaturated/α-hetero) is 1.